The first-order valence-electron chi connectivity index (χ1n) is 17.1. The fourth-order valence-corrected chi connectivity index (χ4v) is 9.20. The number of Topliss-reactive ketones (excluding diaryl/α,β-unsaturated/α-hetero) is 2. The van der Waals surface area contributed by atoms with Gasteiger partial charge in [0.1, 0.15) is 22.9 Å². The van der Waals surface area contributed by atoms with Crippen LogP contribution in [0.3, 0.4) is 0 Å². The van der Waals surface area contributed by atoms with Crippen LogP contribution in [0.15, 0.2) is 14.6 Å². The number of benzene rings is 1. The molecule has 13 heteroatoms. The molecule has 3 aliphatic carbocycles. The number of aliphatic hydroxyl groups excluding tert-OH is 1. The van der Waals surface area contributed by atoms with Gasteiger partial charge in [-0.1, -0.05) is 47.5 Å². The van der Waals surface area contributed by atoms with E-state index in [1.54, 1.807) is 0 Å². The second-order valence-electron chi connectivity index (χ2n) is 15.1. The van der Waals surface area contributed by atoms with Crippen molar-refractivity contribution in [3.8, 4) is 11.6 Å². The molecule has 0 radical (unpaired) electrons. The number of aldehydes is 1. The first-order chi connectivity index (χ1) is 23.0. The SMILES string of the molecule is CCCCOc1noc2c1C(=O)[C@@]1(O[Si](C)(C)C(C)(C)C)C(=O)C3=C(O)c4c(c(F)c(C=O)c(Br)c4OCCCC)C[C@H]3C[C@H]1[C@@H]2N(C)C. The summed E-state index contributed by atoms with van der Waals surface area (Å²) in [4.78, 5) is 44.6. The Hall–Kier alpha value is -2.87. The third-order valence-electron chi connectivity index (χ3n) is 10.7. The van der Waals surface area contributed by atoms with E-state index in [9.17, 15) is 9.90 Å². The first kappa shape index (κ1) is 37.4. The molecule has 1 saturated carbocycles. The van der Waals surface area contributed by atoms with Crippen molar-refractivity contribution < 1.29 is 42.3 Å². The van der Waals surface area contributed by atoms with Gasteiger partial charge in [0.15, 0.2) is 26.0 Å². The second-order valence-corrected chi connectivity index (χ2v) is 20.7. The van der Waals surface area contributed by atoms with Gasteiger partial charge in [0.05, 0.1) is 34.9 Å². The number of ether oxygens (including phenoxy) is 2. The Balaban J connectivity index is 1.80. The topological polar surface area (TPSA) is 128 Å². The van der Waals surface area contributed by atoms with Crippen LogP contribution in [-0.2, 0) is 15.6 Å². The van der Waals surface area contributed by atoms with Gasteiger partial charge in [-0.15, -0.1) is 0 Å². The van der Waals surface area contributed by atoms with Gasteiger partial charge in [-0.3, -0.25) is 19.3 Å². The smallest absolute Gasteiger partial charge is 0.265 e. The normalized spacial score (nSPS) is 23.6. The summed E-state index contributed by atoms with van der Waals surface area (Å²) < 4.78 is 41.2. The van der Waals surface area contributed by atoms with Gasteiger partial charge in [-0.05, 0) is 84.9 Å². The fraction of sp³-hybridized carbons (Fsp3) is 0.611. The number of ketones is 2. The number of carbonyl (C=O) groups excluding carboxylic acids is 3. The summed E-state index contributed by atoms with van der Waals surface area (Å²) in [6, 6.07) is -0.643. The zero-order chi connectivity index (χ0) is 36.2. The van der Waals surface area contributed by atoms with E-state index in [0.717, 1.165) is 19.3 Å². The molecule has 1 aromatic carbocycles. The monoisotopic (exact) mass is 762 g/mol. The Bertz CT molecular complexity index is 1700. The number of nitrogens with zero attached hydrogens (tertiary/aromatic N) is 2. The van der Waals surface area contributed by atoms with Crippen molar-refractivity contribution in [1.82, 2.24) is 10.1 Å². The van der Waals surface area contributed by atoms with E-state index in [4.69, 9.17) is 18.4 Å². The van der Waals surface area contributed by atoms with E-state index in [0.29, 0.717) is 19.3 Å². The Morgan fingerprint density at radius 2 is 1.73 bits per heavy atom. The molecule has 49 heavy (non-hydrogen) atoms. The summed E-state index contributed by atoms with van der Waals surface area (Å²) in [7, 11) is 0.756. The lowest BCUT2D eigenvalue weighted by Gasteiger charge is -2.55. The standard InChI is InChI=1S/C36H48BrFN2O8Si/c1-10-12-14-45-30-24-20(27(38)21(18-41)26(30)37)16-19-17-22-28(40(6)7)31-25(34(39-47-31)46-15-13-11-2)33(44)36(22,32(43)23(19)29(24)42)48-49(8,9)35(3,4)5/h18-19,22,28,42H,10-17H2,1-9H3/t19-,22-,28-,36-/m0/s1. The van der Waals surface area contributed by atoms with Gasteiger partial charge in [0.25, 0.3) is 5.88 Å². The summed E-state index contributed by atoms with van der Waals surface area (Å²) in [5.74, 6) is -3.64. The van der Waals surface area contributed by atoms with Crippen molar-refractivity contribution in [1.29, 1.82) is 0 Å². The fourth-order valence-electron chi connectivity index (χ4n) is 7.17. The van der Waals surface area contributed by atoms with Gasteiger partial charge >= 0.3 is 0 Å². The molecule has 268 valence electrons. The van der Waals surface area contributed by atoms with Crippen LogP contribution in [0.4, 0.5) is 4.39 Å². The number of aliphatic hydroxyl groups is 1. The molecule has 1 N–H and O–H groups in total. The third-order valence-corrected chi connectivity index (χ3v) is 16.0. The zero-order valence-corrected chi connectivity index (χ0v) is 32.5. The molecular weight excluding hydrogens is 715 g/mol. The third kappa shape index (κ3) is 5.91. The minimum absolute atomic E-state index is 0.000208. The van der Waals surface area contributed by atoms with Crippen molar-refractivity contribution in [3.63, 3.8) is 0 Å². The molecule has 1 heterocycles. The lowest BCUT2D eigenvalue weighted by Crippen LogP contribution is -2.68. The number of hydrogen-bond donors (Lipinski definition) is 1. The first-order valence-corrected chi connectivity index (χ1v) is 20.8. The molecule has 0 amide bonds. The van der Waals surface area contributed by atoms with Crippen molar-refractivity contribution in [2.75, 3.05) is 27.3 Å². The maximum Gasteiger partial charge on any atom is 0.265 e. The molecular formula is C36H48BrFN2O8Si. The van der Waals surface area contributed by atoms with Crippen molar-refractivity contribution in [2.45, 2.75) is 103 Å². The molecule has 0 spiro atoms. The predicted octanol–water partition coefficient (Wildman–Crippen LogP) is 8.04. The van der Waals surface area contributed by atoms with Crippen molar-refractivity contribution in [2.24, 2.45) is 11.8 Å². The van der Waals surface area contributed by atoms with Gasteiger partial charge in [-0.25, -0.2) is 4.39 Å². The van der Waals surface area contributed by atoms with Gasteiger partial charge in [0.2, 0.25) is 11.6 Å². The molecule has 2 aromatic rings. The zero-order valence-electron chi connectivity index (χ0n) is 29.9. The van der Waals surface area contributed by atoms with Crippen LogP contribution >= 0.6 is 15.9 Å². The average molecular weight is 764 g/mol. The Labute approximate surface area is 297 Å². The Kier molecular flexibility index (Phi) is 10.4. The number of fused-ring (bicyclic) bond motifs is 4. The van der Waals surface area contributed by atoms with E-state index >= 15 is 14.0 Å². The number of aromatic nitrogens is 1. The minimum atomic E-state index is -2.91. The quantitative estimate of drug-likeness (QED) is 0.0982. The molecule has 0 bridgehead atoms. The number of rotatable bonds is 12. The van der Waals surface area contributed by atoms with Crippen LogP contribution in [0.25, 0.3) is 5.76 Å². The molecule has 3 aliphatic rings. The molecule has 10 nitrogen and oxygen atoms in total. The van der Waals surface area contributed by atoms with Gasteiger partial charge in [0, 0.05) is 17.1 Å². The number of carbonyl (C=O) groups is 3. The van der Waals surface area contributed by atoms with Crippen LogP contribution in [0.5, 0.6) is 11.6 Å². The van der Waals surface area contributed by atoms with E-state index in [2.05, 4.69) is 21.1 Å². The molecule has 0 unspecified atom stereocenters. The minimum Gasteiger partial charge on any atom is -0.507 e. The van der Waals surface area contributed by atoms with E-state index in [1.165, 1.54) is 0 Å². The predicted molar refractivity (Wildman–Crippen MR) is 188 cm³/mol. The van der Waals surface area contributed by atoms with E-state index in [-0.39, 0.29) is 69.1 Å². The van der Waals surface area contributed by atoms with Crippen molar-refractivity contribution >= 4 is 47.9 Å². The molecule has 0 saturated heterocycles. The van der Waals surface area contributed by atoms with Crippen LogP contribution in [0.1, 0.15) is 110 Å². The second kappa shape index (κ2) is 13.7. The molecule has 5 rings (SSSR count). The van der Waals surface area contributed by atoms with Gasteiger partial charge in [-0.2, -0.15) is 0 Å². The summed E-state index contributed by atoms with van der Waals surface area (Å²) >= 11 is 3.34. The van der Waals surface area contributed by atoms with E-state index in [1.807, 2.05) is 66.7 Å². The average Bonchev–Trinajstić information content (AvgIpc) is 3.43. The molecule has 1 fully saturated rings. The molecule has 0 aliphatic heterocycles. The van der Waals surface area contributed by atoms with Crippen molar-refractivity contribution in [3.05, 3.63) is 43.9 Å². The summed E-state index contributed by atoms with van der Waals surface area (Å²) in [6.45, 7) is 14.6. The van der Waals surface area contributed by atoms with Gasteiger partial charge < -0.3 is 23.5 Å². The highest BCUT2D eigenvalue weighted by Gasteiger charge is 2.69. The highest BCUT2D eigenvalue weighted by atomic mass is 79.9. The van der Waals surface area contributed by atoms with Crippen LogP contribution < -0.4 is 9.47 Å². The summed E-state index contributed by atoms with van der Waals surface area (Å²) in [5, 5.41) is 15.9. The molecule has 4 atom stereocenters. The number of hydrogen-bond acceptors (Lipinski definition) is 10. The lowest BCUT2D eigenvalue weighted by atomic mass is 9.57. The highest BCUT2D eigenvalue weighted by Crippen LogP contribution is 2.59. The molecule has 1 aromatic heterocycles. The van der Waals surface area contributed by atoms with E-state index < -0.39 is 60.0 Å². The largest absolute Gasteiger partial charge is 0.507 e. The Morgan fingerprint density at radius 3 is 2.31 bits per heavy atom. The Morgan fingerprint density at radius 1 is 1.10 bits per heavy atom. The van der Waals surface area contributed by atoms with Crippen LogP contribution in [-0.4, -0.2) is 74.2 Å². The maximum atomic E-state index is 16.1. The number of unbranched alkanes of at least 4 members (excludes halogenated alkanes) is 2. The van der Waals surface area contributed by atoms with Crippen LogP contribution in [0.2, 0.25) is 18.1 Å². The summed E-state index contributed by atoms with van der Waals surface area (Å²) in [5.41, 5.74) is -2.12. The van der Waals surface area contributed by atoms with Crippen LogP contribution in [0, 0.1) is 17.7 Å². The maximum absolute atomic E-state index is 16.1. The summed E-state index contributed by atoms with van der Waals surface area (Å²) in [6.07, 6.45) is 3.66. The number of halogens is 2. The lowest BCUT2D eigenvalue weighted by molar-refractivity contribution is -0.140. The highest BCUT2D eigenvalue weighted by molar-refractivity contribution is 9.10.